The highest BCUT2D eigenvalue weighted by atomic mass is 32.1. The van der Waals surface area contributed by atoms with Gasteiger partial charge >= 0.3 is 0 Å². The van der Waals surface area contributed by atoms with Crippen LogP contribution in [0.4, 0.5) is 8.78 Å². The van der Waals surface area contributed by atoms with Gasteiger partial charge < -0.3 is 4.90 Å². The Hall–Kier alpha value is -3.30. The molecule has 0 spiro atoms. The first-order valence-corrected chi connectivity index (χ1v) is 11.7. The first kappa shape index (κ1) is 22.9. The van der Waals surface area contributed by atoms with Crippen molar-refractivity contribution < 1.29 is 8.78 Å². The molecule has 6 heteroatoms. The molecule has 168 valence electrons. The van der Waals surface area contributed by atoms with Crippen molar-refractivity contribution in [2.24, 2.45) is 4.99 Å². The van der Waals surface area contributed by atoms with Gasteiger partial charge in [0.25, 0.3) is 6.43 Å². The number of allylic oxidation sites excluding steroid dienone is 9. The predicted molar refractivity (Wildman–Crippen MR) is 132 cm³/mol. The molecule has 3 aliphatic rings. The van der Waals surface area contributed by atoms with Crippen molar-refractivity contribution in [2.75, 3.05) is 13.1 Å². The van der Waals surface area contributed by atoms with E-state index in [-0.39, 0.29) is 11.3 Å². The Balaban J connectivity index is 1.74. The largest absolute Gasteiger partial charge is 0.362 e. The van der Waals surface area contributed by atoms with Crippen LogP contribution in [-0.4, -0.2) is 30.1 Å². The number of thiophene rings is 1. The Morgan fingerprint density at radius 2 is 2.12 bits per heavy atom. The van der Waals surface area contributed by atoms with Crippen LogP contribution in [0.2, 0.25) is 0 Å². The molecule has 1 aromatic heterocycles. The highest BCUT2D eigenvalue weighted by molar-refractivity contribution is 7.11. The SMILES string of the molecule is C=C(C1=C(\C)C\C(C#N)=C(C2=CCC=C2)/C=C(C(F)F)\C(C)=N\1)N1CC=C(c2cccs2)C1. The third-order valence-electron chi connectivity index (χ3n) is 6.03. The van der Waals surface area contributed by atoms with Crippen molar-refractivity contribution in [3.05, 3.63) is 98.6 Å². The summed E-state index contributed by atoms with van der Waals surface area (Å²) in [6.07, 6.45) is 7.76. The van der Waals surface area contributed by atoms with E-state index in [1.807, 2.05) is 36.6 Å². The van der Waals surface area contributed by atoms with Crippen LogP contribution in [0.3, 0.4) is 0 Å². The molecule has 2 aliphatic heterocycles. The molecule has 0 fully saturated rings. The lowest BCUT2D eigenvalue weighted by molar-refractivity contribution is 0.196. The number of halogens is 2. The minimum atomic E-state index is -2.71. The van der Waals surface area contributed by atoms with Crippen molar-refractivity contribution in [1.29, 1.82) is 5.26 Å². The molecule has 0 amide bonds. The first-order chi connectivity index (χ1) is 15.9. The number of nitrogens with zero attached hydrogens (tertiary/aromatic N) is 3. The van der Waals surface area contributed by atoms with Crippen LogP contribution in [0.1, 0.15) is 31.6 Å². The molecule has 3 heterocycles. The Kier molecular flexibility index (Phi) is 6.71. The quantitative estimate of drug-likeness (QED) is 0.474. The van der Waals surface area contributed by atoms with Gasteiger partial charge in [0, 0.05) is 41.2 Å². The molecule has 0 saturated carbocycles. The van der Waals surface area contributed by atoms with Crippen molar-refractivity contribution in [2.45, 2.75) is 33.1 Å². The fraction of sp³-hybridized carbons (Fsp3) is 0.259. The lowest BCUT2D eigenvalue weighted by Gasteiger charge is -2.23. The molecule has 0 aromatic carbocycles. The number of hydrogen-bond acceptors (Lipinski definition) is 4. The second-order valence-corrected chi connectivity index (χ2v) is 9.19. The van der Waals surface area contributed by atoms with Gasteiger partial charge in [0.05, 0.1) is 17.5 Å². The van der Waals surface area contributed by atoms with Crippen molar-refractivity contribution in [3.63, 3.8) is 0 Å². The van der Waals surface area contributed by atoms with Crippen LogP contribution >= 0.6 is 11.3 Å². The average molecular weight is 462 g/mol. The van der Waals surface area contributed by atoms with E-state index in [2.05, 4.69) is 34.7 Å². The highest BCUT2D eigenvalue weighted by Gasteiger charge is 2.25. The summed E-state index contributed by atoms with van der Waals surface area (Å²) in [5, 5.41) is 12.0. The summed E-state index contributed by atoms with van der Waals surface area (Å²) in [5.41, 5.74) is 5.20. The van der Waals surface area contributed by atoms with E-state index >= 15 is 0 Å². The van der Waals surface area contributed by atoms with E-state index in [0.717, 1.165) is 17.6 Å². The van der Waals surface area contributed by atoms with E-state index in [9.17, 15) is 14.0 Å². The summed E-state index contributed by atoms with van der Waals surface area (Å²) in [6.45, 7) is 9.16. The second kappa shape index (κ2) is 9.68. The van der Waals surface area contributed by atoms with Gasteiger partial charge in [0.1, 0.15) is 0 Å². The number of aliphatic imine (C=N–C) groups is 1. The van der Waals surface area contributed by atoms with Gasteiger partial charge in [-0.1, -0.05) is 36.9 Å². The van der Waals surface area contributed by atoms with Gasteiger partial charge in [-0.3, -0.25) is 4.99 Å². The van der Waals surface area contributed by atoms with Gasteiger partial charge in [-0.05, 0) is 60.1 Å². The zero-order chi connectivity index (χ0) is 23.5. The molecule has 0 atom stereocenters. The number of alkyl halides is 2. The van der Waals surface area contributed by atoms with Crippen LogP contribution < -0.4 is 0 Å². The van der Waals surface area contributed by atoms with Crippen molar-refractivity contribution >= 4 is 22.6 Å². The Bertz CT molecular complexity index is 1230. The predicted octanol–water partition coefficient (Wildman–Crippen LogP) is 7.00. The molecule has 3 nitrogen and oxygen atoms in total. The molecular weight excluding hydrogens is 436 g/mol. The zero-order valence-electron chi connectivity index (χ0n) is 18.7. The van der Waals surface area contributed by atoms with E-state index < -0.39 is 6.43 Å². The maximum absolute atomic E-state index is 14.1. The second-order valence-electron chi connectivity index (χ2n) is 8.24. The van der Waals surface area contributed by atoms with Crippen LogP contribution in [0.5, 0.6) is 0 Å². The molecule has 1 aromatic rings. The minimum Gasteiger partial charge on any atom is -0.362 e. The third-order valence-corrected chi connectivity index (χ3v) is 6.98. The molecule has 1 aliphatic carbocycles. The smallest absolute Gasteiger partial charge is 0.265 e. The zero-order valence-corrected chi connectivity index (χ0v) is 19.6. The molecule has 33 heavy (non-hydrogen) atoms. The summed E-state index contributed by atoms with van der Waals surface area (Å²) in [6, 6.07) is 6.38. The van der Waals surface area contributed by atoms with Gasteiger partial charge in [-0.2, -0.15) is 5.26 Å². The summed E-state index contributed by atoms with van der Waals surface area (Å²) < 4.78 is 28.2. The molecule has 0 N–H and O–H groups in total. The lowest BCUT2D eigenvalue weighted by atomic mass is 9.94. The Morgan fingerprint density at radius 1 is 1.30 bits per heavy atom. The Labute approximate surface area is 197 Å². The summed E-state index contributed by atoms with van der Waals surface area (Å²) in [5.74, 6) is 0. The monoisotopic (exact) mass is 461 g/mol. The van der Waals surface area contributed by atoms with Gasteiger partial charge in [0.15, 0.2) is 0 Å². The molecule has 0 unspecified atom stereocenters. The van der Waals surface area contributed by atoms with Crippen molar-refractivity contribution in [3.8, 4) is 6.07 Å². The van der Waals surface area contributed by atoms with Crippen LogP contribution in [-0.2, 0) is 0 Å². The maximum Gasteiger partial charge on any atom is 0.265 e. The maximum atomic E-state index is 14.1. The number of hydrogen-bond donors (Lipinski definition) is 0. The molecule has 4 rings (SSSR count). The number of rotatable bonds is 5. The lowest BCUT2D eigenvalue weighted by Crippen LogP contribution is -2.21. The number of nitriles is 1. The van der Waals surface area contributed by atoms with Crippen LogP contribution in [0.15, 0.2) is 98.7 Å². The molecular formula is C27H25F2N3S. The summed E-state index contributed by atoms with van der Waals surface area (Å²) in [7, 11) is 0. The van der Waals surface area contributed by atoms with Gasteiger partial charge in [0.2, 0.25) is 0 Å². The highest BCUT2D eigenvalue weighted by Crippen LogP contribution is 2.34. The summed E-state index contributed by atoms with van der Waals surface area (Å²) >= 11 is 1.69. The van der Waals surface area contributed by atoms with Crippen LogP contribution in [0, 0.1) is 11.3 Å². The fourth-order valence-corrected chi connectivity index (χ4v) is 4.98. The van der Waals surface area contributed by atoms with E-state index in [4.69, 9.17) is 0 Å². The molecule has 0 saturated heterocycles. The van der Waals surface area contributed by atoms with Gasteiger partial charge in [-0.25, -0.2) is 8.78 Å². The topological polar surface area (TPSA) is 39.4 Å². The van der Waals surface area contributed by atoms with Crippen LogP contribution in [0.25, 0.3) is 5.57 Å². The van der Waals surface area contributed by atoms with E-state index in [1.54, 1.807) is 18.3 Å². The average Bonchev–Trinajstić information content (AvgIpc) is 3.56. The molecule has 0 radical (unpaired) electrons. The Morgan fingerprint density at radius 3 is 2.76 bits per heavy atom. The molecule has 0 bridgehead atoms. The third kappa shape index (κ3) is 4.74. The van der Waals surface area contributed by atoms with Gasteiger partial charge in [-0.15, -0.1) is 11.3 Å². The summed E-state index contributed by atoms with van der Waals surface area (Å²) in [4.78, 5) is 7.97. The van der Waals surface area contributed by atoms with E-state index in [1.165, 1.54) is 16.5 Å². The van der Waals surface area contributed by atoms with Crippen molar-refractivity contribution in [1.82, 2.24) is 4.90 Å². The fourth-order valence-electron chi connectivity index (χ4n) is 4.22. The first-order valence-electron chi connectivity index (χ1n) is 10.8. The van der Waals surface area contributed by atoms with E-state index in [0.29, 0.717) is 42.1 Å². The normalized spacial score (nSPS) is 26.6. The minimum absolute atomic E-state index is 0.169. The standard InChI is InChI=1S/C27H25F2N3S/c1-17-13-22(15-30)24(20-7-4-5-8-20)14-23(27(28)29)18(2)31-26(17)19(3)32-11-10-21(16-32)25-9-6-12-33-25/h4,6-10,12,14,27H,3,5,11,13,16H2,1-2H3/b23-14+,24-22-,26-17-,31-18+.